The molecule has 90 valence electrons. The fourth-order valence-electron chi connectivity index (χ4n) is 2.28. The van der Waals surface area contributed by atoms with Crippen LogP contribution in [0.2, 0.25) is 0 Å². The summed E-state index contributed by atoms with van der Waals surface area (Å²) in [5, 5.41) is 20.8. The van der Waals surface area contributed by atoms with Gasteiger partial charge in [-0.3, -0.25) is 0 Å². The lowest BCUT2D eigenvalue weighted by Crippen LogP contribution is -2.32. The van der Waals surface area contributed by atoms with Crippen molar-refractivity contribution in [1.29, 1.82) is 5.26 Å². The third-order valence-corrected chi connectivity index (χ3v) is 3.20. The van der Waals surface area contributed by atoms with Crippen molar-refractivity contribution in [2.75, 3.05) is 6.54 Å². The number of benzene rings is 1. The molecule has 0 aliphatic carbocycles. The van der Waals surface area contributed by atoms with E-state index in [9.17, 15) is 0 Å². The SMILES string of the molecule is CC1NCCn2c(-c3cccc(C#N)c3)nnc21. The molecule has 1 aliphatic rings. The largest absolute Gasteiger partial charge is 0.308 e. The molecule has 1 N–H and O–H groups in total. The van der Waals surface area contributed by atoms with Crippen LogP contribution in [0.15, 0.2) is 24.3 Å². The minimum atomic E-state index is 0.221. The first-order valence-corrected chi connectivity index (χ1v) is 5.96. The van der Waals surface area contributed by atoms with Crippen molar-refractivity contribution in [2.45, 2.75) is 19.5 Å². The number of nitrogens with one attached hydrogen (secondary N) is 1. The van der Waals surface area contributed by atoms with E-state index in [0.717, 1.165) is 30.3 Å². The molecule has 0 saturated heterocycles. The highest BCUT2D eigenvalue weighted by molar-refractivity contribution is 5.58. The molecule has 1 aromatic carbocycles. The van der Waals surface area contributed by atoms with E-state index in [1.54, 1.807) is 6.07 Å². The van der Waals surface area contributed by atoms with Crippen molar-refractivity contribution in [3.05, 3.63) is 35.7 Å². The fourth-order valence-corrected chi connectivity index (χ4v) is 2.28. The quantitative estimate of drug-likeness (QED) is 0.818. The van der Waals surface area contributed by atoms with E-state index < -0.39 is 0 Å². The molecule has 18 heavy (non-hydrogen) atoms. The number of rotatable bonds is 1. The first-order chi connectivity index (χ1) is 8.79. The molecule has 0 amide bonds. The average molecular weight is 239 g/mol. The molecule has 1 unspecified atom stereocenters. The van der Waals surface area contributed by atoms with E-state index in [2.05, 4.69) is 33.1 Å². The zero-order chi connectivity index (χ0) is 12.5. The molecular formula is C13H13N5. The lowest BCUT2D eigenvalue weighted by Gasteiger charge is -2.21. The summed E-state index contributed by atoms with van der Waals surface area (Å²) in [4.78, 5) is 0. The lowest BCUT2D eigenvalue weighted by molar-refractivity contribution is 0.439. The van der Waals surface area contributed by atoms with E-state index in [1.807, 2.05) is 18.2 Å². The van der Waals surface area contributed by atoms with E-state index in [-0.39, 0.29) is 6.04 Å². The Bertz CT molecular complexity index is 623. The second kappa shape index (κ2) is 4.24. The van der Waals surface area contributed by atoms with Gasteiger partial charge in [0.25, 0.3) is 0 Å². The summed E-state index contributed by atoms with van der Waals surface area (Å²) in [7, 11) is 0. The highest BCUT2D eigenvalue weighted by Gasteiger charge is 2.21. The van der Waals surface area contributed by atoms with Crippen LogP contribution in [0.1, 0.15) is 24.4 Å². The first kappa shape index (κ1) is 10.9. The van der Waals surface area contributed by atoms with E-state index >= 15 is 0 Å². The van der Waals surface area contributed by atoms with Gasteiger partial charge in [-0.2, -0.15) is 5.26 Å². The van der Waals surface area contributed by atoms with Crippen LogP contribution in [-0.4, -0.2) is 21.3 Å². The van der Waals surface area contributed by atoms with Gasteiger partial charge in [0.15, 0.2) is 5.82 Å². The Morgan fingerprint density at radius 3 is 3.17 bits per heavy atom. The molecule has 1 aliphatic heterocycles. The normalized spacial score (nSPS) is 18.1. The number of fused-ring (bicyclic) bond motifs is 1. The molecule has 0 fully saturated rings. The lowest BCUT2D eigenvalue weighted by atomic mass is 10.1. The predicted molar refractivity (Wildman–Crippen MR) is 66.6 cm³/mol. The summed E-state index contributed by atoms with van der Waals surface area (Å²) in [5.41, 5.74) is 1.59. The maximum atomic E-state index is 8.94. The van der Waals surface area contributed by atoms with Crippen LogP contribution >= 0.6 is 0 Å². The van der Waals surface area contributed by atoms with Crippen molar-refractivity contribution in [3.63, 3.8) is 0 Å². The average Bonchev–Trinajstić information content (AvgIpc) is 2.84. The molecule has 5 heteroatoms. The van der Waals surface area contributed by atoms with Crippen molar-refractivity contribution >= 4 is 0 Å². The Balaban J connectivity index is 2.10. The zero-order valence-electron chi connectivity index (χ0n) is 10.1. The maximum absolute atomic E-state index is 8.94. The molecule has 0 spiro atoms. The molecule has 0 radical (unpaired) electrons. The number of nitrogens with zero attached hydrogens (tertiary/aromatic N) is 4. The van der Waals surface area contributed by atoms with Crippen LogP contribution in [0.25, 0.3) is 11.4 Å². The van der Waals surface area contributed by atoms with Gasteiger partial charge in [-0.1, -0.05) is 12.1 Å². The molecule has 1 aromatic heterocycles. The standard InChI is InChI=1S/C13H13N5/c1-9-12-16-17-13(18(12)6-5-15-9)11-4-2-3-10(7-11)8-14/h2-4,7,9,15H,5-6H2,1H3. The minimum absolute atomic E-state index is 0.221. The first-order valence-electron chi connectivity index (χ1n) is 5.96. The smallest absolute Gasteiger partial charge is 0.164 e. The Labute approximate surface area is 105 Å². The molecule has 2 heterocycles. The minimum Gasteiger partial charge on any atom is -0.308 e. The van der Waals surface area contributed by atoms with Crippen molar-refractivity contribution in [1.82, 2.24) is 20.1 Å². The Morgan fingerprint density at radius 2 is 2.33 bits per heavy atom. The van der Waals surface area contributed by atoms with Crippen LogP contribution in [0.5, 0.6) is 0 Å². The predicted octanol–water partition coefficient (Wildman–Crippen LogP) is 1.48. The Hall–Kier alpha value is -2.19. The molecule has 0 bridgehead atoms. The fraction of sp³-hybridized carbons (Fsp3) is 0.308. The number of aromatic nitrogens is 3. The Kier molecular flexibility index (Phi) is 2.58. The van der Waals surface area contributed by atoms with E-state index in [4.69, 9.17) is 5.26 Å². The summed E-state index contributed by atoms with van der Waals surface area (Å²) in [6, 6.07) is 9.85. The molecule has 3 rings (SSSR count). The van der Waals surface area contributed by atoms with Gasteiger partial charge < -0.3 is 9.88 Å². The van der Waals surface area contributed by atoms with Crippen LogP contribution in [0.4, 0.5) is 0 Å². The molecule has 2 aromatic rings. The van der Waals surface area contributed by atoms with Crippen LogP contribution in [0.3, 0.4) is 0 Å². The molecule has 0 saturated carbocycles. The Morgan fingerprint density at radius 1 is 1.44 bits per heavy atom. The molecule has 5 nitrogen and oxygen atoms in total. The number of hydrogen-bond donors (Lipinski definition) is 1. The second-order valence-corrected chi connectivity index (χ2v) is 4.40. The van der Waals surface area contributed by atoms with Gasteiger partial charge in [0.05, 0.1) is 17.7 Å². The summed E-state index contributed by atoms with van der Waals surface area (Å²) < 4.78 is 2.12. The van der Waals surface area contributed by atoms with Gasteiger partial charge in [0.2, 0.25) is 0 Å². The van der Waals surface area contributed by atoms with E-state index in [1.165, 1.54) is 0 Å². The van der Waals surface area contributed by atoms with Crippen LogP contribution < -0.4 is 5.32 Å². The zero-order valence-corrected chi connectivity index (χ0v) is 10.1. The van der Waals surface area contributed by atoms with E-state index in [0.29, 0.717) is 5.56 Å². The van der Waals surface area contributed by atoms with Crippen molar-refractivity contribution in [3.8, 4) is 17.5 Å². The maximum Gasteiger partial charge on any atom is 0.164 e. The van der Waals surface area contributed by atoms with Crippen LogP contribution in [0, 0.1) is 11.3 Å². The summed E-state index contributed by atoms with van der Waals surface area (Å²) in [5.74, 6) is 1.80. The van der Waals surface area contributed by atoms with Crippen molar-refractivity contribution in [2.24, 2.45) is 0 Å². The number of nitriles is 1. The van der Waals surface area contributed by atoms with Gasteiger partial charge in [0.1, 0.15) is 5.82 Å². The topological polar surface area (TPSA) is 66.5 Å². The summed E-state index contributed by atoms with van der Waals surface area (Å²) in [6.07, 6.45) is 0. The van der Waals surface area contributed by atoms with Crippen molar-refractivity contribution < 1.29 is 0 Å². The second-order valence-electron chi connectivity index (χ2n) is 4.40. The third kappa shape index (κ3) is 1.67. The van der Waals surface area contributed by atoms with Crippen LogP contribution in [-0.2, 0) is 6.54 Å². The highest BCUT2D eigenvalue weighted by Crippen LogP contribution is 2.23. The monoisotopic (exact) mass is 239 g/mol. The number of hydrogen-bond acceptors (Lipinski definition) is 4. The van der Waals surface area contributed by atoms with Gasteiger partial charge >= 0.3 is 0 Å². The summed E-state index contributed by atoms with van der Waals surface area (Å²) >= 11 is 0. The highest BCUT2D eigenvalue weighted by atomic mass is 15.3. The van der Waals surface area contributed by atoms with Gasteiger partial charge in [-0.15, -0.1) is 10.2 Å². The van der Waals surface area contributed by atoms with Gasteiger partial charge in [-0.05, 0) is 19.1 Å². The molecular weight excluding hydrogens is 226 g/mol. The third-order valence-electron chi connectivity index (χ3n) is 3.20. The summed E-state index contributed by atoms with van der Waals surface area (Å²) in [6.45, 7) is 3.85. The van der Waals surface area contributed by atoms with Gasteiger partial charge in [0, 0.05) is 18.7 Å². The molecule has 1 atom stereocenters. The van der Waals surface area contributed by atoms with Gasteiger partial charge in [-0.25, -0.2) is 0 Å².